The van der Waals surface area contributed by atoms with Crippen LogP contribution in [0.2, 0.25) is 0 Å². The summed E-state index contributed by atoms with van der Waals surface area (Å²) in [4.78, 5) is 14.4. The summed E-state index contributed by atoms with van der Waals surface area (Å²) in [5, 5.41) is 14.2. The molecular formula is C35H45N3O3. The Labute approximate surface area is 245 Å². The zero-order valence-corrected chi connectivity index (χ0v) is 24.7. The van der Waals surface area contributed by atoms with E-state index in [9.17, 15) is 9.90 Å². The van der Waals surface area contributed by atoms with E-state index in [4.69, 9.17) is 10.5 Å². The smallest absolute Gasteiger partial charge is 0.412 e. The molecule has 4 rings (SSSR count). The number of carboxylic acid groups (broad SMARTS) is 1. The van der Waals surface area contributed by atoms with Crippen LogP contribution < -0.4 is 20.7 Å². The first-order chi connectivity index (χ1) is 19.7. The second-order valence-corrected chi connectivity index (χ2v) is 11.9. The fraction of sp³-hybridized carbons (Fsp3) is 0.400. The molecule has 0 heterocycles. The highest BCUT2D eigenvalue weighted by atomic mass is 16.5. The molecule has 3 aromatic carbocycles. The zero-order chi connectivity index (χ0) is 29.2. The molecule has 0 saturated heterocycles. The van der Waals surface area contributed by atoms with E-state index < -0.39 is 6.09 Å². The highest BCUT2D eigenvalue weighted by molar-refractivity contribution is 5.94. The Bertz CT molecular complexity index is 1270. The molecule has 1 aliphatic rings. The molecule has 3 aromatic rings. The minimum atomic E-state index is -0.901. The van der Waals surface area contributed by atoms with Gasteiger partial charge >= 0.3 is 6.09 Å². The first-order valence-corrected chi connectivity index (χ1v) is 14.8. The molecule has 1 amide bonds. The molecule has 0 atom stereocenters. The molecule has 0 bridgehead atoms. The molecular weight excluding hydrogens is 510 g/mol. The summed E-state index contributed by atoms with van der Waals surface area (Å²) in [6.07, 6.45) is 8.42. The first kappa shape index (κ1) is 30.4. The van der Waals surface area contributed by atoms with E-state index in [0.29, 0.717) is 19.2 Å². The van der Waals surface area contributed by atoms with Crippen molar-refractivity contribution < 1.29 is 14.6 Å². The minimum Gasteiger partial charge on any atom is -0.493 e. The highest BCUT2D eigenvalue weighted by Crippen LogP contribution is 2.37. The van der Waals surface area contributed by atoms with Crippen LogP contribution in [0.5, 0.6) is 5.75 Å². The van der Waals surface area contributed by atoms with Crippen LogP contribution in [0.15, 0.2) is 78.9 Å². The second-order valence-electron chi connectivity index (χ2n) is 11.9. The third kappa shape index (κ3) is 8.94. The van der Waals surface area contributed by atoms with E-state index in [-0.39, 0.29) is 11.6 Å². The lowest BCUT2D eigenvalue weighted by Gasteiger charge is -2.38. The van der Waals surface area contributed by atoms with Crippen LogP contribution >= 0.6 is 0 Å². The number of hydrogen-bond acceptors (Lipinski definition) is 4. The molecule has 4 N–H and O–H groups in total. The van der Waals surface area contributed by atoms with Crippen molar-refractivity contribution in [3.8, 4) is 16.9 Å². The van der Waals surface area contributed by atoms with Gasteiger partial charge in [0, 0.05) is 23.2 Å². The Hall–Kier alpha value is -3.61. The van der Waals surface area contributed by atoms with Gasteiger partial charge in [-0.15, -0.1) is 0 Å². The summed E-state index contributed by atoms with van der Waals surface area (Å²) >= 11 is 0. The summed E-state index contributed by atoms with van der Waals surface area (Å²) in [6.45, 7) is 7.75. The number of hydrogen-bond donors (Lipinski definition) is 3. The van der Waals surface area contributed by atoms with Crippen LogP contribution in [0.25, 0.3) is 17.2 Å². The molecule has 0 radical (unpaired) electrons. The predicted molar refractivity (Wildman–Crippen MR) is 170 cm³/mol. The Morgan fingerprint density at radius 2 is 1.73 bits per heavy atom. The van der Waals surface area contributed by atoms with Crippen molar-refractivity contribution in [3.63, 3.8) is 0 Å². The number of nitrogens with two attached hydrogens (primary N) is 1. The van der Waals surface area contributed by atoms with Crippen molar-refractivity contribution >= 4 is 17.9 Å². The van der Waals surface area contributed by atoms with Gasteiger partial charge in [0.1, 0.15) is 5.75 Å². The molecule has 6 nitrogen and oxygen atoms in total. The lowest BCUT2D eigenvalue weighted by atomic mass is 9.88. The Balaban J connectivity index is 1.49. The van der Waals surface area contributed by atoms with Crippen LogP contribution in [0.3, 0.4) is 0 Å². The van der Waals surface area contributed by atoms with Gasteiger partial charge in [-0.05, 0) is 101 Å². The summed E-state index contributed by atoms with van der Waals surface area (Å²) in [7, 11) is 0. The molecule has 0 aromatic heterocycles. The van der Waals surface area contributed by atoms with Crippen molar-refractivity contribution in [2.24, 2.45) is 5.73 Å². The maximum atomic E-state index is 12.8. The van der Waals surface area contributed by atoms with Crippen LogP contribution in [0.1, 0.15) is 64.0 Å². The van der Waals surface area contributed by atoms with Crippen molar-refractivity contribution in [1.82, 2.24) is 5.32 Å². The maximum Gasteiger partial charge on any atom is 0.412 e. The highest BCUT2D eigenvalue weighted by Gasteiger charge is 2.32. The monoisotopic (exact) mass is 555 g/mol. The molecule has 1 saturated carbocycles. The molecule has 1 fully saturated rings. The molecule has 41 heavy (non-hydrogen) atoms. The van der Waals surface area contributed by atoms with E-state index >= 15 is 0 Å². The van der Waals surface area contributed by atoms with Gasteiger partial charge in [-0.2, -0.15) is 0 Å². The van der Waals surface area contributed by atoms with Crippen molar-refractivity contribution in [2.45, 2.75) is 76.9 Å². The summed E-state index contributed by atoms with van der Waals surface area (Å²) in [5.41, 5.74) is 10.5. The molecule has 0 aliphatic heterocycles. The van der Waals surface area contributed by atoms with Gasteiger partial charge < -0.3 is 20.9 Å². The number of benzene rings is 3. The van der Waals surface area contributed by atoms with E-state index in [1.165, 1.54) is 5.56 Å². The average molecular weight is 556 g/mol. The average Bonchev–Trinajstić information content (AvgIpc) is 2.95. The third-order valence-corrected chi connectivity index (χ3v) is 7.49. The van der Waals surface area contributed by atoms with Crippen LogP contribution in [-0.2, 0) is 6.42 Å². The Morgan fingerprint density at radius 3 is 2.37 bits per heavy atom. The van der Waals surface area contributed by atoms with Crippen molar-refractivity contribution in [2.75, 3.05) is 18.1 Å². The van der Waals surface area contributed by atoms with Gasteiger partial charge in [0.05, 0.1) is 12.3 Å². The number of carbonyl (C=O) groups is 1. The number of anilines is 1. The SMILES string of the molecule is CC(C)(C)NC1CCC(N(C(=O)O)c2cc(/C=C/CCOc3ccc(CCN)cc3)ccc2-c2ccccc2)CC1. The molecule has 6 heteroatoms. The van der Waals surface area contributed by atoms with E-state index in [2.05, 4.69) is 56.4 Å². The van der Waals surface area contributed by atoms with E-state index in [1.807, 2.05) is 54.6 Å². The number of amides is 1. The van der Waals surface area contributed by atoms with Gasteiger partial charge in [-0.1, -0.05) is 66.7 Å². The number of nitrogens with zero attached hydrogens (tertiary/aromatic N) is 1. The van der Waals surface area contributed by atoms with Gasteiger partial charge in [0.15, 0.2) is 0 Å². The molecule has 1 aliphatic carbocycles. The van der Waals surface area contributed by atoms with Gasteiger partial charge in [0.25, 0.3) is 0 Å². The molecule has 218 valence electrons. The third-order valence-electron chi connectivity index (χ3n) is 7.49. The number of rotatable bonds is 11. The summed E-state index contributed by atoms with van der Waals surface area (Å²) < 4.78 is 5.89. The Kier molecular flexibility index (Phi) is 10.6. The second kappa shape index (κ2) is 14.3. The Morgan fingerprint density at radius 1 is 1.02 bits per heavy atom. The number of nitrogens with one attached hydrogen (secondary N) is 1. The normalized spacial score (nSPS) is 17.5. The fourth-order valence-corrected chi connectivity index (χ4v) is 5.64. The zero-order valence-electron chi connectivity index (χ0n) is 24.7. The predicted octanol–water partition coefficient (Wildman–Crippen LogP) is 7.52. The van der Waals surface area contributed by atoms with Gasteiger partial charge in [-0.25, -0.2) is 4.79 Å². The first-order valence-electron chi connectivity index (χ1n) is 14.8. The van der Waals surface area contributed by atoms with Crippen LogP contribution in [0, 0.1) is 0 Å². The standard InChI is InChI=1S/C35H45N3O3/c1-35(2,3)37-29-15-17-30(18-16-29)38(34(39)40)33-25-27(14-21-32(33)28-10-5-4-6-11-28)9-7-8-24-41-31-19-12-26(13-20-31)22-23-36/h4-7,9-14,19-21,25,29-30,37H,8,15-18,22-24,36H2,1-3H3,(H,39,40)/b9-7+. The topological polar surface area (TPSA) is 87.8 Å². The van der Waals surface area contributed by atoms with E-state index in [1.54, 1.807) is 4.90 Å². The molecule has 0 spiro atoms. The summed E-state index contributed by atoms with van der Waals surface area (Å²) in [6, 6.07) is 24.6. The maximum absolute atomic E-state index is 12.8. The lowest BCUT2D eigenvalue weighted by Crippen LogP contribution is -2.49. The van der Waals surface area contributed by atoms with Crippen molar-refractivity contribution in [3.05, 3.63) is 90.0 Å². The summed E-state index contributed by atoms with van der Waals surface area (Å²) in [5.74, 6) is 0.846. The van der Waals surface area contributed by atoms with Crippen LogP contribution in [-0.4, -0.2) is 42.0 Å². The largest absolute Gasteiger partial charge is 0.493 e. The van der Waals surface area contributed by atoms with Crippen LogP contribution in [0.4, 0.5) is 10.5 Å². The quantitative estimate of drug-likeness (QED) is 0.213. The molecule has 0 unspecified atom stereocenters. The van der Waals surface area contributed by atoms with E-state index in [0.717, 1.165) is 66.7 Å². The van der Waals surface area contributed by atoms with Gasteiger partial charge in [0.2, 0.25) is 0 Å². The van der Waals surface area contributed by atoms with Crippen molar-refractivity contribution in [1.29, 1.82) is 0 Å². The lowest BCUT2D eigenvalue weighted by molar-refractivity contribution is 0.193. The number of ether oxygens (including phenoxy) is 1. The van der Waals surface area contributed by atoms with Gasteiger partial charge in [-0.3, -0.25) is 4.90 Å². The minimum absolute atomic E-state index is 0.0469. The fourth-order valence-electron chi connectivity index (χ4n) is 5.64.